The molecule has 2 rings (SSSR count). The summed E-state index contributed by atoms with van der Waals surface area (Å²) in [6.07, 6.45) is 3.49. The second kappa shape index (κ2) is 8.32. The standard InChI is InChI=1S/C14H17F2NO2.BrH/c15-14(16)19-12-6-4-11(5-7-12)13(18)10-17-8-2-1-3-9-17;/h4-7,14H,1-3,8-10H2;1H/p-1. The highest BCUT2D eigenvalue weighted by Crippen LogP contribution is 2.16. The summed E-state index contributed by atoms with van der Waals surface area (Å²) < 4.78 is 28.2. The summed E-state index contributed by atoms with van der Waals surface area (Å²) in [5.74, 6) is 0.0926. The zero-order chi connectivity index (χ0) is 13.7. The minimum atomic E-state index is -2.84. The predicted octanol–water partition coefficient (Wildman–Crippen LogP) is -0.0394. The third-order valence-corrected chi connectivity index (χ3v) is 3.22. The molecule has 0 N–H and O–H groups in total. The SMILES string of the molecule is O=C(CN1CCCCC1)c1ccc(OC(F)F)cc1.[Br-]. The van der Waals surface area contributed by atoms with E-state index in [1.807, 2.05) is 0 Å². The van der Waals surface area contributed by atoms with Crippen LogP contribution in [0.4, 0.5) is 8.78 Å². The predicted molar refractivity (Wildman–Crippen MR) is 67.7 cm³/mol. The molecule has 20 heavy (non-hydrogen) atoms. The van der Waals surface area contributed by atoms with Gasteiger partial charge in [-0.2, -0.15) is 8.78 Å². The van der Waals surface area contributed by atoms with E-state index in [4.69, 9.17) is 0 Å². The molecule has 112 valence electrons. The largest absolute Gasteiger partial charge is 1.00 e. The van der Waals surface area contributed by atoms with Crippen LogP contribution in [0.25, 0.3) is 0 Å². The first-order valence-electron chi connectivity index (χ1n) is 6.45. The van der Waals surface area contributed by atoms with Crippen molar-refractivity contribution in [1.29, 1.82) is 0 Å². The first-order valence-corrected chi connectivity index (χ1v) is 6.45. The van der Waals surface area contributed by atoms with Crippen molar-refractivity contribution in [2.45, 2.75) is 25.9 Å². The Bertz CT molecular complexity index is 420. The maximum Gasteiger partial charge on any atom is 0.387 e. The minimum absolute atomic E-state index is 0. The van der Waals surface area contributed by atoms with Gasteiger partial charge in [0.15, 0.2) is 5.78 Å². The Morgan fingerprint density at radius 2 is 1.75 bits per heavy atom. The molecule has 0 unspecified atom stereocenters. The zero-order valence-electron chi connectivity index (χ0n) is 11.0. The van der Waals surface area contributed by atoms with Crippen LogP contribution in [0.15, 0.2) is 24.3 Å². The number of Topliss-reactive ketones (excluding diaryl/α,β-unsaturated/α-hetero) is 1. The highest BCUT2D eigenvalue weighted by atomic mass is 79.9. The van der Waals surface area contributed by atoms with Gasteiger partial charge in [0.1, 0.15) is 5.75 Å². The highest BCUT2D eigenvalue weighted by Gasteiger charge is 2.15. The maximum atomic E-state index is 12.0. The Labute approximate surface area is 127 Å². The Hall–Kier alpha value is -1.01. The van der Waals surface area contributed by atoms with Gasteiger partial charge in [-0.25, -0.2) is 0 Å². The number of nitrogens with zero attached hydrogens (tertiary/aromatic N) is 1. The molecule has 1 fully saturated rings. The van der Waals surface area contributed by atoms with Crippen molar-refractivity contribution in [3.05, 3.63) is 29.8 Å². The fourth-order valence-corrected chi connectivity index (χ4v) is 2.23. The van der Waals surface area contributed by atoms with Crippen LogP contribution >= 0.6 is 0 Å². The molecular weight excluding hydrogens is 332 g/mol. The molecule has 0 spiro atoms. The number of piperidine rings is 1. The fraction of sp³-hybridized carbons (Fsp3) is 0.500. The van der Waals surface area contributed by atoms with Crippen LogP contribution in [0.2, 0.25) is 0 Å². The number of ether oxygens (including phenoxy) is 1. The second-order valence-corrected chi connectivity index (χ2v) is 4.66. The number of rotatable bonds is 5. The molecule has 1 heterocycles. The van der Waals surface area contributed by atoms with E-state index < -0.39 is 6.61 Å². The van der Waals surface area contributed by atoms with Gasteiger partial charge in [-0.05, 0) is 50.2 Å². The van der Waals surface area contributed by atoms with Crippen molar-refractivity contribution in [3.8, 4) is 5.75 Å². The molecule has 3 nitrogen and oxygen atoms in total. The lowest BCUT2D eigenvalue weighted by Crippen LogP contribution is -3.00. The molecule has 1 aromatic rings. The minimum Gasteiger partial charge on any atom is -1.00 e. The van der Waals surface area contributed by atoms with Crippen LogP contribution in [-0.4, -0.2) is 36.9 Å². The van der Waals surface area contributed by atoms with E-state index in [9.17, 15) is 13.6 Å². The van der Waals surface area contributed by atoms with E-state index >= 15 is 0 Å². The van der Waals surface area contributed by atoms with Crippen molar-refractivity contribution in [2.75, 3.05) is 19.6 Å². The van der Waals surface area contributed by atoms with E-state index in [2.05, 4.69) is 9.64 Å². The van der Waals surface area contributed by atoms with Gasteiger partial charge in [0, 0.05) is 5.56 Å². The number of benzene rings is 1. The molecule has 1 saturated heterocycles. The zero-order valence-corrected chi connectivity index (χ0v) is 12.6. The summed E-state index contributed by atoms with van der Waals surface area (Å²) in [4.78, 5) is 14.2. The van der Waals surface area contributed by atoms with Crippen LogP contribution in [0.5, 0.6) is 5.75 Å². The third-order valence-electron chi connectivity index (χ3n) is 3.22. The van der Waals surface area contributed by atoms with Gasteiger partial charge in [-0.15, -0.1) is 0 Å². The Kier molecular flexibility index (Phi) is 7.09. The van der Waals surface area contributed by atoms with Gasteiger partial charge < -0.3 is 21.7 Å². The van der Waals surface area contributed by atoms with E-state index in [0.29, 0.717) is 12.1 Å². The molecule has 1 aliphatic rings. The number of halogens is 3. The molecular formula is C14H17BrF2NO2-. The number of carbonyl (C=O) groups excluding carboxylic acids is 1. The van der Waals surface area contributed by atoms with E-state index in [-0.39, 0.29) is 28.5 Å². The van der Waals surface area contributed by atoms with Crippen molar-refractivity contribution in [2.24, 2.45) is 0 Å². The topological polar surface area (TPSA) is 29.5 Å². The molecule has 1 aliphatic heterocycles. The summed E-state index contributed by atoms with van der Waals surface area (Å²) in [7, 11) is 0. The van der Waals surface area contributed by atoms with Gasteiger partial charge >= 0.3 is 6.61 Å². The molecule has 0 radical (unpaired) electrons. The second-order valence-electron chi connectivity index (χ2n) is 4.66. The third kappa shape index (κ3) is 5.17. The fourth-order valence-electron chi connectivity index (χ4n) is 2.23. The Morgan fingerprint density at radius 3 is 2.30 bits per heavy atom. The summed E-state index contributed by atoms with van der Waals surface area (Å²) >= 11 is 0. The maximum absolute atomic E-state index is 12.0. The Morgan fingerprint density at radius 1 is 1.15 bits per heavy atom. The lowest BCUT2D eigenvalue weighted by Gasteiger charge is -2.25. The number of alkyl halides is 2. The smallest absolute Gasteiger partial charge is 0.387 e. The van der Waals surface area contributed by atoms with Crippen LogP contribution in [0.1, 0.15) is 29.6 Å². The summed E-state index contributed by atoms with van der Waals surface area (Å²) in [6.45, 7) is -0.527. The molecule has 0 amide bonds. The lowest BCUT2D eigenvalue weighted by atomic mass is 10.1. The van der Waals surface area contributed by atoms with Crippen molar-refractivity contribution >= 4 is 5.78 Å². The highest BCUT2D eigenvalue weighted by molar-refractivity contribution is 5.97. The van der Waals surface area contributed by atoms with Gasteiger partial charge in [-0.1, -0.05) is 6.42 Å². The molecule has 0 saturated carbocycles. The molecule has 0 bridgehead atoms. The average molecular weight is 349 g/mol. The van der Waals surface area contributed by atoms with Crippen LogP contribution in [-0.2, 0) is 0 Å². The van der Waals surface area contributed by atoms with Crippen LogP contribution in [0.3, 0.4) is 0 Å². The van der Waals surface area contributed by atoms with Crippen LogP contribution < -0.4 is 21.7 Å². The number of hydrogen-bond acceptors (Lipinski definition) is 3. The molecule has 1 aromatic carbocycles. The van der Waals surface area contributed by atoms with Crippen molar-refractivity contribution < 1.29 is 35.3 Å². The number of ketones is 1. The number of carbonyl (C=O) groups is 1. The van der Waals surface area contributed by atoms with E-state index in [1.54, 1.807) is 0 Å². The summed E-state index contributed by atoms with van der Waals surface area (Å²) in [5.41, 5.74) is 0.534. The summed E-state index contributed by atoms with van der Waals surface area (Å²) in [6, 6.07) is 5.86. The van der Waals surface area contributed by atoms with E-state index in [0.717, 1.165) is 25.9 Å². The average Bonchev–Trinajstić information content (AvgIpc) is 2.40. The normalized spacial score (nSPS) is 15.8. The van der Waals surface area contributed by atoms with Gasteiger partial charge in [0.2, 0.25) is 0 Å². The van der Waals surface area contributed by atoms with Crippen LogP contribution in [0, 0.1) is 0 Å². The van der Waals surface area contributed by atoms with Gasteiger partial charge in [0.25, 0.3) is 0 Å². The van der Waals surface area contributed by atoms with Crippen molar-refractivity contribution in [3.63, 3.8) is 0 Å². The van der Waals surface area contributed by atoms with E-state index in [1.165, 1.54) is 30.7 Å². The number of likely N-dealkylation sites (tertiary alicyclic amines) is 1. The first-order chi connectivity index (χ1) is 9.15. The molecule has 6 heteroatoms. The van der Waals surface area contributed by atoms with Gasteiger partial charge in [-0.3, -0.25) is 9.69 Å². The molecule has 0 atom stereocenters. The lowest BCUT2D eigenvalue weighted by molar-refractivity contribution is -0.0498. The molecule has 0 aromatic heterocycles. The number of hydrogen-bond donors (Lipinski definition) is 0. The monoisotopic (exact) mass is 348 g/mol. The van der Waals surface area contributed by atoms with Gasteiger partial charge in [0.05, 0.1) is 6.54 Å². The van der Waals surface area contributed by atoms with Crippen molar-refractivity contribution in [1.82, 2.24) is 4.90 Å². The molecule has 0 aliphatic carbocycles. The Balaban J connectivity index is 0.00000200. The summed E-state index contributed by atoms with van der Waals surface area (Å²) in [5, 5.41) is 0. The first kappa shape index (κ1) is 17.0. The quantitative estimate of drug-likeness (QED) is 0.699.